The molecule has 4 heterocycles. The Kier molecular flexibility index (Phi) is 5.23. The summed E-state index contributed by atoms with van der Waals surface area (Å²) in [6.07, 6.45) is 1.57. The van der Waals surface area contributed by atoms with Gasteiger partial charge in [-0.25, -0.2) is 4.98 Å². The molecule has 3 aromatic heterocycles. The fraction of sp³-hybridized carbons (Fsp3) is 0.429. The number of aromatic nitrogens is 2. The Balaban J connectivity index is 1.67. The third kappa shape index (κ3) is 3.34. The van der Waals surface area contributed by atoms with E-state index in [4.69, 9.17) is 9.47 Å². The summed E-state index contributed by atoms with van der Waals surface area (Å²) in [4.78, 5) is 21.3. The third-order valence-electron chi connectivity index (χ3n) is 5.54. The van der Waals surface area contributed by atoms with Gasteiger partial charge in [0.1, 0.15) is 4.83 Å². The number of nitrogens with zero attached hydrogens (tertiary/aromatic N) is 3. The van der Waals surface area contributed by atoms with Crippen LogP contribution in [0.15, 0.2) is 30.5 Å². The number of morpholine rings is 1. The highest BCUT2D eigenvalue weighted by Gasteiger charge is 2.29. The van der Waals surface area contributed by atoms with Crippen LogP contribution in [0.3, 0.4) is 0 Å². The zero-order chi connectivity index (χ0) is 19.8. The van der Waals surface area contributed by atoms with Crippen molar-refractivity contribution in [2.45, 2.75) is 25.9 Å². The van der Waals surface area contributed by atoms with Gasteiger partial charge in [-0.3, -0.25) is 9.69 Å². The van der Waals surface area contributed by atoms with Gasteiger partial charge in [0.25, 0.3) is 0 Å². The number of fused-ring (bicyclic) bond motifs is 1. The topological polar surface area (TPSA) is 56.6 Å². The van der Waals surface area contributed by atoms with E-state index in [1.165, 1.54) is 5.69 Å². The molecule has 2 unspecified atom stereocenters. The summed E-state index contributed by atoms with van der Waals surface area (Å²) in [6.45, 7) is 6.81. The monoisotopic (exact) mass is 399 g/mol. The lowest BCUT2D eigenvalue weighted by Crippen LogP contribution is -2.47. The van der Waals surface area contributed by atoms with Crippen molar-refractivity contribution in [1.29, 1.82) is 0 Å². The molecule has 0 aliphatic carbocycles. The summed E-state index contributed by atoms with van der Waals surface area (Å²) in [5.41, 5.74) is 1.78. The van der Waals surface area contributed by atoms with E-state index in [9.17, 15) is 4.79 Å². The lowest BCUT2D eigenvalue weighted by molar-refractivity contribution is -0.0111. The van der Waals surface area contributed by atoms with Crippen molar-refractivity contribution in [3.8, 4) is 5.88 Å². The molecule has 28 heavy (non-hydrogen) atoms. The van der Waals surface area contributed by atoms with Crippen molar-refractivity contribution in [3.05, 3.63) is 46.6 Å². The smallest absolute Gasteiger partial charge is 0.212 e. The number of ketones is 1. The molecule has 7 heteroatoms. The van der Waals surface area contributed by atoms with Crippen LogP contribution < -0.4 is 4.74 Å². The number of likely N-dealkylation sites (N-methyl/N-ethyl adjacent to an activating group) is 1. The van der Waals surface area contributed by atoms with E-state index in [-0.39, 0.29) is 11.8 Å². The number of carbonyl (C=O) groups excluding carboxylic acids is 1. The summed E-state index contributed by atoms with van der Waals surface area (Å²) < 4.78 is 13.1. The van der Waals surface area contributed by atoms with Crippen LogP contribution in [0.4, 0.5) is 0 Å². The number of rotatable bonds is 5. The molecule has 0 N–H and O–H groups in total. The second kappa shape index (κ2) is 7.66. The van der Waals surface area contributed by atoms with Gasteiger partial charge < -0.3 is 14.0 Å². The lowest BCUT2D eigenvalue weighted by atomic mass is 10.1. The number of pyridine rings is 1. The van der Waals surface area contributed by atoms with Crippen LogP contribution in [-0.2, 0) is 4.74 Å². The van der Waals surface area contributed by atoms with E-state index in [2.05, 4.69) is 41.4 Å². The molecule has 0 amide bonds. The van der Waals surface area contributed by atoms with E-state index < -0.39 is 0 Å². The Morgan fingerprint density at radius 1 is 1.39 bits per heavy atom. The quantitative estimate of drug-likeness (QED) is 0.614. The maximum Gasteiger partial charge on any atom is 0.212 e. The second-order valence-electron chi connectivity index (χ2n) is 7.31. The number of hydrogen-bond acceptors (Lipinski definition) is 6. The number of ether oxygens (including phenoxy) is 2. The van der Waals surface area contributed by atoms with Crippen LogP contribution in [0.1, 0.15) is 33.9 Å². The first-order valence-electron chi connectivity index (χ1n) is 9.43. The van der Waals surface area contributed by atoms with Crippen LogP contribution in [0, 0.1) is 6.92 Å². The highest BCUT2D eigenvalue weighted by Crippen LogP contribution is 2.34. The molecule has 1 saturated heterocycles. The maximum absolute atomic E-state index is 12.9. The van der Waals surface area contributed by atoms with Gasteiger partial charge in [-0.15, -0.1) is 11.3 Å². The average molecular weight is 400 g/mol. The molecule has 1 fully saturated rings. The second-order valence-corrected chi connectivity index (χ2v) is 8.34. The molecule has 0 saturated carbocycles. The molecular weight excluding hydrogens is 374 g/mol. The summed E-state index contributed by atoms with van der Waals surface area (Å²) >= 11 is 1.55. The van der Waals surface area contributed by atoms with E-state index in [1.807, 2.05) is 6.07 Å². The zero-order valence-electron chi connectivity index (χ0n) is 16.6. The van der Waals surface area contributed by atoms with Gasteiger partial charge in [-0.1, -0.05) is 0 Å². The van der Waals surface area contributed by atoms with Crippen molar-refractivity contribution in [3.63, 3.8) is 0 Å². The zero-order valence-corrected chi connectivity index (χ0v) is 17.5. The van der Waals surface area contributed by atoms with Crippen molar-refractivity contribution in [2.24, 2.45) is 0 Å². The van der Waals surface area contributed by atoms with Crippen LogP contribution in [0.25, 0.3) is 10.2 Å². The SMILES string of the molecule is COc1ccc(C(=O)c2cc3cc(C)n(C(C)C4COCCN4C)c3s2)cn1. The molecule has 1 aliphatic rings. The molecule has 0 bridgehead atoms. The van der Waals surface area contributed by atoms with E-state index in [1.54, 1.807) is 36.8 Å². The van der Waals surface area contributed by atoms with Gasteiger partial charge in [0.05, 0.1) is 31.2 Å². The van der Waals surface area contributed by atoms with Crippen LogP contribution in [0.2, 0.25) is 0 Å². The number of carbonyl (C=O) groups is 1. The fourth-order valence-corrected chi connectivity index (χ4v) is 5.17. The lowest BCUT2D eigenvalue weighted by Gasteiger charge is -2.37. The molecule has 3 aromatic rings. The molecule has 4 rings (SSSR count). The number of thiophene rings is 1. The predicted octanol–water partition coefficient (Wildman–Crippen LogP) is 3.54. The minimum absolute atomic E-state index is 0.00803. The van der Waals surface area contributed by atoms with E-state index >= 15 is 0 Å². The van der Waals surface area contributed by atoms with Crippen molar-refractivity contribution in [1.82, 2.24) is 14.5 Å². The van der Waals surface area contributed by atoms with Gasteiger partial charge in [0, 0.05) is 41.5 Å². The van der Waals surface area contributed by atoms with E-state index in [0.29, 0.717) is 17.5 Å². The summed E-state index contributed by atoms with van der Waals surface area (Å²) in [5.74, 6) is 0.494. The summed E-state index contributed by atoms with van der Waals surface area (Å²) in [6, 6.07) is 8.20. The number of aryl methyl sites for hydroxylation is 1. The fourth-order valence-electron chi connectivity index (χ4n) is 3.92. The first-order valence-corrected chi connectivity index (χ1v) is 10.3. The number of hydrogen-bond donors (Lipinski definition) is 0. The van der Waals surface area contributed by atoms with Crippen molar-refractivity contribution >= 4 is 27.3 Å². The Hall–Kier alpha value is -2.22. The molecule has 148 valence electrons. The summed E-state index contributed by atoms with van der Waals surface area (Å²) in [5, 5.41) is 1.11. The first-order chi connectivity index (χ1) is 13.5. The molecular formula is C21H25N3O3S. The largest absolute Gasteiger partial charge is 0.481 e. The molecule has 6 nitrogen and oxygen atoms in total. The molecule has 0 spiro atoms. The van der Waals surface area contributed by atoms with Gasteiger partial charge in [-0.2, -0.15) is 0 Å². The van der Waals surface area contributed by atoms with Crippen molar-refractivity contribution < 1.29 is 14.3 Å². The Bertz CT molecular complexity index is 992. The minimum atomic E-state index is -0.00803. The summed E-state index contributed by atoms with van der Waals surface area (Å²) in [7, 11) is 3.71. The Labute approximate surface area is 168 Å². The highest BCUT2D eigenvalue weighted by molar-refractivity contribution is 7.20. The molecule has 1 aliphatic heterocycles. The predicted molar refractivity (Wildman–Crippen MR) is 111 cm³/mol. The van der Waals surface area contributed by atoms with Crippen LogP contribution in [0.5, 0.6) is 5.88 Å². The first kappa shape index (κ1) is 19.1. The minimum Gasteiger partial charge on any atom is -0.481 e. The molecule has 2 atom stereocenters. The van der Waals surface area contributed by atoms with E-state index in [0.717, 1.165) is 34.9 Å². The molecule has 0 radical (unpaired) electrons. The number of methoxy groups -OCH3 is 1. The third-order valence-corrected chi connectivity index (χ3v) is 6.69. The maximum atomic E-state index is 12.9. The van der Waals surface area contributed by atoms with Crippen molar-refractivity contribution in [2.75, 3.05) is 33.9 Å². The van der Waals surface area contributed by atoms with Gasteiger partial charge in [-0.05, 0) is 39.1 Å². The highest BCUT2D eigenvalue weighted by atomic mass is 32.1. The Morgan fingerprint density at radius 3 is 2.89 bits per heavy atom. The Morgan fingerprint density at radius 2 is 2.21 bits per heavy atom. The van der Waals surface area contributed by atoms with Gasteiger partial charge >= 0.3 is 0 Å². The standard InChI is InChI=1S/C21H25N3O3S/c1-13-9-16-10-18(20(25)15-5-6-19(26-4)22-11-15)28-21(16)24(13)14(2)17-12-27-8-7-23(17)3/h5-6,9-11,14,17H,7-8,12H2,1-4H3. The van der Waals surface area contributed by atoms with Gasteiger partial charge in [0.2, 0.25) is 11.7 Å². The normalized spacial score (nSPS) is 19.1. The molecule has 0 aromatic carbocycles. The van der Waals surface area contributed by atoms with Gasteiger partial charge in [0.15, 0.2) is 0 Å². The van der Waals surface area contributed by atoms with Crippen LogP contribution in [-0.4, -0.2) is 60.2 Å². The average Bonchev–Trinajstić information content (AvgIpc) is 3.24. The van der Waals surface area contributed by atoms with Crippen LogP contribution >= 0.6 is 11.3 Å².